The van der Waals surface area contributed by atoms with Crippen LogP contribution in [0.15, 0.2) is 12.1 Å². The maximum atomic E-state index is 5.73. The van der Waals surface area contributed by atoms with Gasteiger partial charge >= 0.3 is 0 Å². The average molecular weight is 249 g/mol. The number of rotatable bonds is 4. The van der Waals surface area contributed by atoms with E-state index in [1.54, 1.807) is 14.2 Å². The van der Waals surface area contributed by atoms with Gasteiger partial charge in [0.05, 0.1) is 14.2 Å². The van der Waals surface area contributed by atoms with Crippen LogP contribution in [0.5, 0.6) is 11.5 Å². The summed E-state index contributed by atoms with van der Waals surface area (Å²) in [6.07, 6.45) is 3.39. The highest BCUT2D eigenvalue weighted by atomic mass is 16.5. The topological polar surface area (TPSA) is 44.5 Å². The molecule has 100 valence electrons. The minimum Gasteiger partial charge on any atom is -0.493 e. The standard InChI is InChI=1S/C15H23NO2/c1-10-6-11(4-5-16)13-9-15(18-3)14(17-2)8-12(13)7-10/h8-11H,4-7,16H2,1-3H3. The Morgan fingerprint density at radius 2 is 1.89 bits per heavy atom. The molecule has 0 bridgehead atoms. The second-order valence-corrected chi connectivity index (χ2v) is 5.23. The van der Waals surface area contributed by atoms with E-state index in [-0.39, 0.29) is 0 Å². The third-order valence-corrected chi connectivity index (χ3v) is 3.86. The van der Waals surface area contributed by atoms with Gasteiger partial charge in [-0.2, -0.15) is 0 Å². The van der Waals surface area contributed by atoms with Gasteiger partial charge in [0, 0.05) is 0 Å². The van der Waals surface area contributed by atoms with Gasteiger partial charge in [0.25, 0.3) is 0 Å². The lowest BCUT2D eigenvalue weighted by molar-refractivity contribution is 0.349. The Hall–Kier alpha value is -1.22. The first-order valence-electron chi connectivity index (χ1n) is 6.64. The van der Waals surface area contributed by atoms with Crippen molar-refractivity contribution in [3.63, 3.8) is 0 Å². The maximum absolute atomic E-state index is 5.73. The lowest BCUT2D eigenvalue weighted by Crippen LogP contribution is -2.19. The molecule has 1 aliphatic carbocycles. The normalized spacial score (nSPS) is 22.4. The summed E-state index contributed by atoms with van der Waals surface area (Å²) >= 11 is 0. The number of benzene rings is 1. The first kappa shape index (κ1) is 13.2. The molecule has 0 saturated carbocycles. The summed E-state index contributed by atoms with van der Waals surface area (Å²) in [7, 11) is 3.38. The monoisotopic (exact) mass is 249 g/mol. The van der Waals surface area contributed by atoms with Crippen LogP contribution >= 0.6 is 0 Å². The highest BCUT2D eigenvalue weighted by molar-refractivity contribution is 5.49. The minimum atomic E-state index is 0.563. The van der Waals surface area contributed by atoms with Gasteiger partial charge in [-0.05, 0) is 60.9 Å². The predicted octanol–water partition coefficient (Wildman–Crippen LogP) is 2.72. The number of hydrogen-bond acceptors (Lipinski definition) is 3. The zero-order valence-electron chi connectivity index (χ0n) is 11.5. The van der Waals surface area contributed by atoms with E-state index in [2.05, 4.69) is 19.1 Å². The minimum absolute atomic E-state index is 0.563. The Balaban J connectivity index is 2.42. The van der Waals surface area contributed by atoms with Crippen LogP contribution < -0.4 is 15.2 Å². The van der Waals surface area contributed by atoms with E-state index in [0.717, 1.165) is 30.9 Å². The smallest absolute Gasteiger partial charge is 0.161 e. The molecular formula is C15H23NO2. The molecule has 0 fully saturated rings. The number of hydrogen-bond donors (Lipinski definition) is 1. The molecule has 1 aromatic carbocycles. The van der Waals surface area contributed by atoms with E-state index < -0.39 is 0 Å². The maximum Gasteiger partial charge on any atom is 0.161 e. The number of fused-ring (bicyclic) bond motifs is 1. The third-order valence-electron chi connectivity index (χ3n) is 3.86. The number of methoxy groups -OCH3 is 2. The third kappa shape index (κ3) is 2.46. The summed E-state index contributed by atoms with van der Waals surface area (Å²) in [4.78, 5) is 0. The van der Waals surface area contributed by atoms with Crippen molar-refractivity contribution in [2.75, 3.05) is 20.8 Å². The Morgan fingerprint density at radius 3 is 2.50 bits per heavy atom. The molecule has 2 atom stereocenters. The van der Waals surface area contributed by atoms with Gasteiger partial charge < -0.3 is 15.2 Å². The summed E-state index contributed by atoms with van der Waals surface area (Å²) in [6, 6.07) is 4.27. The fourth-order valence-corrected chi connectivity index (χ4v) is 3.04. The highest BCUT2D eigenvalue weighted by Gasteiger charge is 2.26. The van der Waals surface area contributed by atoms with Crippen LogP contribution in [0.2, 0.25) is 0 Å². The lowest BCUT2D eigenvalue weighted by Gasteiger charge is -2.30. The van der Waals surface area contributed by atoms with Gasteiger partial charge in [-0.25, -0.2) is 0 Å². The van der Waals surface area contributed by atoms with Crippen molar-refractivity contribution in [2.24, 2.45) is 11.7 Å². The van der Waals surface area contributed by atoms with Crippen LogP contribution in [-0.2, 0) is 6.42 Å². The van der Waals surface area contributed by atoms with Gasteiger partial charge in [0.2, 0.25) is 0 Å². The number of nitrogens with two attached hydrogens (primary N) is 1. The molecule has 0 aliphatic heterocycles. The van der Waals surface area contributed by atoms with Gasteiger partial charge in [-0.1, -0.05) is 6.92 Å². The van der Waals surface area contributed by atoms with Crippen LogP contribution in [0, 0.1) is 5.92 Å². The molecule has 0 radical (unpaired) electrons. The summed E-state index contributed by atoms with van der Waals surface area (Å²) in [5, 5.41) is 0. The van der Waals surface area contributed by atoms with Crippen molar-refractivity contribution < 1.29 is 9.47 Å². The molecule has 1 aromatic rings. The van der Waals surface area contributed by atoms with Crippen LogP contribution in [-0.4, -0.2) is 20.8 Å². The van der Waals surface area contributed by atoms with E-state index in [9.17, 15) is 0 Å². The van der Waals surface area contributed by atoms with Crippen molar-refractivity contribution in [1.29, 1.82) is 0 Å². The van der Waals surface area contributed by atoms with Crippen LogP contribution in [0.25, 0.3) is 0 Å². The number of ether oxygens (including phenoxy) is 2. The Morgan fingerprint density at radius 1 is 1.22 bits per heavy atom. The molecule has 0 amide bonds. The van der Waals surface area contributed by atoms with E-state index in [1.165, 1.54) is 17.5 Å². The molecule has 18 heavy (non-hydrogen) atoms. The van der Waals surface area contributed by atoms with Gasteiger partial charge in [0.1, 0.15) is 0 Å². The molecule has 0 aromatic heterocycles. The Bertz CT molecular complexity index is 417. The summed E-state index contributed by atoms with van der Waals surface area (Å²) < 4.78 is 10.8. The average Bonchev–Trinajstić information content (AvgIpc) is 2.37. The second-order valence-electron chi connectivity index (χ2n) is 5.23. The molecular weight excluding hydrogens is 226 g/mol. The molecule has 1 aliphatic rings. The quantitative estimate of drug-likeness (QED) is 0.892. The first-order chi connectivity index (χ1) is 8.69. The zero-order chi connectivity index (χ0) is 13.1. The Labute approximate surface area is 109 Å². The molecule has 2 rings (SSSR count). The van der Waals surface area contributed by atoms with Crippen molar-refractivity contribution in [3.05, 3.63) is 23.3 Å². The van der Waals surface area contributed by atoms with Gasteiger partial charge in [-0.15, -0.1) is 0 Å². The van der Waals surface area contributed by atoms with Crippen LogP contribution in [0.4, 0.5) is 0 Å². The molecule has 0 heterocycles. The largest absolute Gasteiger partial charge is 0.493 e. The van der Waals surface area contributed by atoms with E-state index in [1.807, 2.05) is 0 Å². The molecule has 2 N–H and O–H groups in total. The molecule has 3 nitrogen and oxygen atoms in total. The van der Waals surface area contributed by atoms with Gasteiger partial charge in [0.15, 0.2) is 11.5 Å². The fourth-order valence-electron chi connectivity index (χ4n) is 3.04. The predicted molar refractivity (Wildman–Crippen MR) is 73.4 cm³/mol. The SMILES string of the molecule is COc1cc2c(cc1OC)C(CCN)CC(C)C2. The van der Waals surface area contributed by atoms with Crippen molar-refractivity contribution in [2.45, 2.75) is 32.1 Å². The molecule has 0 saturated heterocycles. The van der Waals surface area contributed by atoms with E-state index in [0.29, 0.717) is 11.8 Å². The first-order valence-corrected chi connectivity index (χ1v) is 6.64. The van der Waals surface area contributed by atoms with Crippen molar-refractivity contribution >= 4 is 0 Å². The lowest BCUT2D eigenvalue weighted by atomic mass is 9.76. The zero-order valence-corrected chi connectivity index (χ0v) is 11.5. The van der Waals surface area contributed by atoms with E-state index >= 15 is 0 Å². The molecule has 3 heteroatoms. The van der Waals surface area contributed by atoms with Crippen LogP contribution in [0.1, 0.15) is 36.8 Å². The Kier molecular flexibility index (Phi) is 4.12. The molecule has 2 unspecified atom stereocenters. The van der Waals surface area contributed by atoms with Gasteiger partial charge in [-0.3, -0.25) is 0 Å². The van der Waals surface area contributed by atoms with Crippen LogP contribution in [0.3, 0.4) is 0 Å². The fraction of sp³-hybridized carbons (Fsp3) is 0.600. The molecule has 0 spiro atoms. The van der Waals surface area contributed by atoms with Crippen molar-refractivity contribution in [3.8, 4) is 11.5 Å². The summed E-state index contributed by atoms with van der Waals surface area (Å²) in [5.74, 6) is 2.94. The summed E-state index contributed by atoms with van der Waals surface area (Å²) in [6.45, 7) is 3.05. The summed E-state index contributed by atoms with van der Waals surface area (Å²) in [5.41, 5.74) is 8.53. The van der Waals surface area contributed by atoms with E-state index in [4.69, 9.17) is 15.2 Å². The second kappa shape index (κ2) is 5.61. The van der Waals surface area contributed by atoms with Crippen molar-refractivity contribution in [1.82, 2.24) is 0 Å². The highest BCUT2D eigenvalue weighted by Crippen LogP contribution is 2.41.